The van der Waals surface area contributed by atoms with Gasteiger partial charge < -0.3 is 14.0 Å². The van der Waals surface area contributed by atoms with Crippen molar-refractivity contribution >= 4 is 44.3 Å². The van der Waals surface area contributed by atoms with Gasteiger partial charge in [-0.05, 0) is 62.6 Å². The first-order valence-electron chi connectivity index (χ1n) is 12.7. The smallest absolute Gasteiger partial charge is 0.227 e. The molecule has 0 spiro atoms. The van der Waals surface area contributed by atoms with E-state index in [1.165, 1.54) is 22.7 Å². The van der Waals surface area contributed by atoms with Gasteiger partial charge in [-0.3, -0.25) is 4.79 Å². The Balaban J connectivity index is 1.52. The van der Waals surface area contributed by atoms with Crippen LogP contribution in [0.25, 0.3) is 22.2 Å². The molecular formula is C27H27ClFN5O4S. The van der Waals surface area contributed by atoms with Gasteiger partial charge in [-0.25, -0.2) is 22.1 Å². The molecular weight excluding hydrogens is 545 g/mol. The van der Waals surface area contributed by atoms with Crippen molar-refractivity contribution in [2.75, 3.05) is 24.2 Å². The van der Waals surface area contributed by atoms with Crippen LogP contribution in [0.1, 0.15) is 48.6 Å². The van der Waals surface area contributed by atoms with Crippen LogP contribution in [0.2, 0.25) is 5.02 Å². The standard InChI is InChI=1S/C27H27ClFN5O4S/c1-15-26(16(2)38-31-15)17-4-5-23-22(10-17)30-27(34(23)20-8-9-32(14-20)39(3,36)37)24-6-7-25(35)33(24)21-12-18(28)11-19(29)13-21/h4-5,10-13,20,24H,6-9,14H2,1-3H3/t20-,24?/m1/s1. The first kappa shape index (κ1) is 26.0. The van der Waals surface area contributed by atoms with Gasteiger partial charge in [0.15, 0.2) is 0 Å². The van der Waals surface area contributed by atoms with Crippen molar-refractivity contribution in [1.82, 2.24) is 19.0 Å². The van der Waals surface area contributed by atoms with Crippen molar-refractivity contribution < 1.29 is 22.1 Å². The maximum atomic E-state index is 14.3. The average Bonchev–Trinajstić information content (AvgIpc) is 3.62. The molecule has 0 aliphatic carbocycles. The molecule has 1 unspecified atom stereocenters. The van der Waals surface area contributed by atoms with Gasteiger partial charge in [0.2, 0.25) is 15.9 Å². The number of aryl methyl sites for hydroxylation is 2. The Morgan fingerprint density at radius 1 is 1.13 bits per heavy atom. The zero-order chi connectivity index (χ0) is 27.6. The van der Waals surface area contributed by atoms with Crippen LogP contribution in [0.4, 0.5) is 10.1 Å². The lowest BCUT2D eigenvalue weighted by atomic mass is 10.0. The van der Waals surface area contributed by atoms with Gasteiger partial charge in [-0.15, -0.1) is 0 Å². The van der Waals surface area contributed by atoms with E-state index in [4.69, 9.17) is 21.1 Å². The van der Waals surface area contributed by atoms with E-state index in [1.807, 2.05) is 32.0 Å². The molecule has 39 heavy (non-hydrogen) atoms. The van der Waals surface area contributed by atoms with E-state index >= 15 is 0 Å². The lowest BCUT2D eigenvalue weighted by molar-refractivity contribution is -0.117. The van der Waals surface area contributed by atoms with Crippen molar-refractivity contribution in [3.63, 3.8) is 0 Å². The molecule has 4 aromatic rings. The molecule has 9 nitrogen and oxygen atoms in total. The Morgan fingerprint density at radius 3 is 2.59 bits per heavy atom. The summed E-state index contributed by atoms with van der Waals surface area (Å²) in [4.78, 5) is 19.7. The van der Waals surface area contributed by atoms with E-state index in [1.54, 1.807) is 11.0 Å². The number of sulfonamides is 1. The van der Waals surface area contributed by atoms with Crippen molar-refractivity contribution in [1.29, 1.82) is 0 Å². The van der Waals surface area contributed by atoms with E-state index < -0.39 is 21.9 Å². The van der Waals surface area contributed by atoms with Crippen LogP contribution in [0.3, 0.4) is 0 Å². The van der Waals surface area contributed by atoms with Crippen molar-refractivity contribution in [3.05, 3.63) is 64.5 Å². The van der Waals surface area contributed by atoms with E-state index in [9.17, 15) is 17.6 Å². The highest BCUT2D eigenvalue weighted by Gasteiger charge is 2.40. The van der Waals surface area contributed by atoms with Crippen LogP contribution in [0, 0.1) is 19.7 Å². The Hall–Kier alpha value is -3.28. The van der Waals surface area contributed by atoms with Crippen molar-refractivity contribution in [3.8, 4) is 11.1 Å². The number of carbonyl (C=O) groups excluding carboxylic acids is 1. The Labute approximate surface area is 230 Å². The summed E-state index contributed by atoms with van der Waals surface area (Å²) in [5.41, 5.74) is 4.46. The number of imidazole rings is 1. The minimum absolute atomic E-state index is 0.152. The van der Waals surface area contributed by atoms with Crippen LogP contribution in [-0.2, 0) is 14.8 Å². The number of nitrogens with zero attached hydrogens (tertiary/aromatic N) is 5. The highest BCUT2D eigenvalue weighted by molar-refractivity contribution is 7.88. The van der Waals surface area contributed by atoms with Crippen LogP contribution < -0.4 is 4.90 Å². The number of amides is 1. The summed E-state index contributed by atoms with van der Waals surface area (Å²) in [6.45, 7) is 4.43. The summed E-state index contributed by atoms with van der Waals surface area (Å²) >= 11 is 6.15. The number of hydrogen-bond acceptors (Lipinski definition) is 6. The molecule has 2 aliphatic heterocycles. The van der Waals surface area contributed by atoms with Gasteiger partial charge >= 0.3 is 0 Å². The maximum absolute atomic E-state index is 14.3. The number of fused-ring (bicyclic) bond motifs is 1. The van der Waals surface area contributed by atoms with Crippen LogP contribution in [0.5, 0.6) is 0 Å². The van der Waals surface area contributed by atoms with Crippen LogP contribution in [-0.4, -0.2) is 52.7 Å². The normalized spacial score (nSPS) is 20.5. The van der Waals surface area contributed by atoms with E-state index in [0.717, 1.165) is 22.3 Å². The molecule has 12 heteroatoms. The SMILES string of the molecule is Cc1noc(C)c1-c1ccc2c(c1)nc(C1CCC(=O)N1c1cc(F)cc(Cl)c1)n2[C@@H]1CCN(S(C)(=O)=O)C1. The highest BCUT2D eigenvalue weighted by Crippen LogP contribution is 2.42. The summed E-state index contributed by atoms with van der Waals surface area (Å²) in [5.74, 6) is 0.642. The van der Waals surface area contributed by atoms with Gasteiger partial charge in [-0.2, -0.15) is 0 Å². The molecule has 0 saturated carbocycles. The molecule has 2 atom stereocenters. The molecule has 2 aromatic carbocycles. The molecule has 0 bridgehead atoms. The summed E-state index contributed by atoms with van der Waals surface area (Å²) in [6.07, 6.45) is 2.56. The fraction of sp³-hybridized carbons (Fsp3) is 0.370. The van der Waals surface area contributed by atoms with Gasteiger partial charge in [0.05, 0.1) is 35.1 Å². The minimum atomic E-state index is -3.37. The third-order valence-electron chi connectivity index (χ3n) is 7.63. The number of halogens is 2. The molecule has 1 amide bonds. The molecule has 0 radical (unpaired) electrons. The molecule has 0 N–H and O–H groups in total. The average molecular weight is 572 g/mol. The molecule has 2 aliphatic rings. The maximum Gasteiger partial charge on any atom is 0.227 e. The number of anilines is 1. The lowest BCUT2D eigenvalue weighted by Gasteiger charge is -2.27. The number of hydrogen-bond donors (Lipinski definition) is 0. The molecule has 2 saturated heterocycles. The largest absolute Gasteiger partial charge is 0.361 e. The topological polar surface area (TPSA) is 102 Å². The second kappa shape index (κ2) is 9.42. The summed E-state index contributed by atoms with van der Waals surface area (Å²) < 4.78 is 47.9. The molecule has 4 heterocycles. The zero-order valence-corrected chi connectivity index (χ0v) is 23.3. The quantitative estimate of drug-likeness (QED) is 0.327. The van der Waals surface area contributed by atoms with Crippen LogP contribution in [0.15, 0.2) is 40.9 Å². The van der Waals surface area contributed by atoms with Crippen LogP contribution >= 0.6 is 11.6 Å². The Kier molecular flexibility index (Phi) is 6.28. The monoisotopic (exact) mass is 571 g/mol. The predicted octanol–water partition coefficient (Wildman–Crippen LogP) is 5.18. The lowest BCUT2D eigenvalue weighted by Crippen LogP contribution is -2.31. The van der Waals surface area contributed by atoms with Gasteiger partial charge in [0.1, 0.15) is 17.4 Å². The van der Waals surface area contributed by atoms with Gasteiger partial charge in [0.25, 0.3) is 0 Å². The molecule has 2 aromatic heterocycles. The number of aromatic nitrogens is 3. The second-order valence-corrected chi connectivity index (χ2v) is 12.7. The number of benzene rings is 2. The van der Waals surface area contributed by atoms with Gasteiger partial charge in [0, 0.05) is 35.8 Å². The summed E-state index contributed by atoms with van der Waals surface area (Å²) in [5, 5.41) is 4.27. The van der Waals surface area contributed by atoms with Gasteiger partial charge in [-0.1, -0.05) is 22.8 Å². The third kappa shape index (κ3) is 4.52. The minimum Gasteiger partial charge on any atom is -0.361 e. The summed E-state index contributed by atoms with van der Waals surface area (Å²) in [7, 11) is -3.37. The number of rotatable bonds is 5. The Morgan fingerprint density at radius 2 is 1.92 bits per heavy atom. The van der Waals surface area contributed by atoms with E-state index in [0.29, 0.717) is 48.7 Å². The zero-order valence-electron chi connectivity index (χ0n) is 21.7. The van der Waals surface area contributed by atoms with Crippen molar-refractivity contribution in [2.45, 2.75) is 45.2 Å². The molecule has 6 rings (SSSR count). The first-order chi connectivity index (χ1) is 18.5. The first-order valence-corrected chi connectivity index (χ1v) is 14.9. The highest BCUT2D eigenvalue weighted by atomic mass is 35.5. The summed E-state index contributed by atoms with van der Waals surface area (Å²) in [6, 6.07) is 9.32. The third-order valence-corrected chi connectivity index (χ3v) is 9.12. The fourth-order valence-corrected chi connectivity index (χ4v) is 7.04. The molecule has 204 valence electrons. The predicted molar refractivity (Wildman–Crippen MR) is 146 cm³/mol. The van der Waals surface area contributed by atoms with Crippen molar-refractivity contribution in [2.24, 2.45) is 0 Å². The fourth-order valence-electron chi connectivity index (χ4n) is 5.94. The van der Waals surface area contributed by atoms with E-state index in [-0.39, 0.29) is 23.4 Å². The van der Waals surface area contributed by atoms with E-state index in [2.05, 4.69) is 9.72 Å². The number of carbonyl (C=O) groups is 1. The Bertz CT molecular complexity index is 1690. The molecule has 2 fully saturated rings. The second-order valence-electron chi connectivity index (χ2n) is 10.3.